The number of fused-ring (bicyclic) bond motifs is 1. The predicted molar refractivity (Wildman–Crippen MR) is 131 cm³/mol. The average Bonchev–Trinajstić information content (AvgIpc) is 3.58. The molecule has 5 rings (SSSR count). The maximum absolute atomic E-state index is 13.5. The van der Waals surface area contributed by atoms with Gasteiger partial charge in [0.05, 0.1) is 35.7 Å². The van der Waals surface area contributed by atoms with Crippen molar-refractivity contribution >= 4 is 5.91 Å². The van der Waals surface area contributed by atoms with Crippen molar-refractivity contribution in [3.8, 4) is 0 Å². The third-order valence-electron chi connectivity index (χ3n) is 7.74. The Bertz CT molecular complexity index is 1320. The molecule has 2 aromatic carbocycles. The first-order valence-corrected chi connectivity index (χ1v) is 12.8. The average molecular weight is 568 g/mol. The molecule has 0 N–H and O–H groups in total. The maximum Gasteiger partial charge on any atom is 0.416 e. The number of amides is 1. The third-order valence-corrected chi connectivity index (χ3v) is 7.74. The summed E-state index contributed by atoms with van der Waals surface area (Å²) in [5.74, 6) is -0.769. The summed E-state index contributed by atoms with van der Waals surface area (Å²) >= 11 is 0. The fourth-order valence-corrected chi connectivity index (χ4v) is 5.69. The van der Waals surface area contributed by atoms with Gasteiger partial charge in [-0.25, -0.2) is 0 Å². The summed E-state index contributed by atoms with van der Waals surface area (Å²) in [6.45, 7) is 4.35. The number of ether oxygens (including phenoxy) is 2. The summed E-state index contributed by atoms with van der Waals surface area (Å²) in [7, 11) is 0. The zero-order valence-corrected chi connectivity index (χ0v) is 21.6. The van der Waals surface area contributed by atoms with E-state index in [-0.39, 0.29) is 36.0 Å². The molecule has 0 saturated carbocycles. The smallest absolute Gasteiger partial charge is 0.416 e. The van der Waals surface area contributed by atoms with Crippen molar-refractivity contribution in [2.24, 2.45) is 11.8 Å². The Morgan fingerprint density at radius 1 is 1.00 bits per heavy atom. The number of furan rings is 1. The van der Waals surface area contributed by atoms with E-state index in [0.29, 0.717) is 30.8 Å². The minimum absolute atomic E-state index is 0.0407. The molecule has 2 aliphatic rings. The van der Waals surface area contributed by atoms with Crippen LogP contribution in [0, 0.1) is 18.8 Å². The van der Waals surface area contributed by atoms with Gasteiger partial charge in [-0.05, 0) is 60.7 Å². The number of carbonyl (C=O) groups is 1. The lowest BCUT2D eigenvalue weighted by molar-refractivity contribution is -0.217. The molecule has 1 aromatic heterocycles. The van der Waals surface area contributed by atoms with E-state index < -0.39 is 41.8 Å². The molecule has 0 spiro atoms. The van der Waals surface area contributed by atoms with Crippen LogP contribution in [0.1, 0.15) is 57.1 Å². The quantitative estimate of drug-likeness (QED) is 0.305. The Balaban J connectivity index is 1.46. The Morgan fingerprint density at radius 3 is 2.27 bits per heavy atom. The highest BCUT2D eigenvalue weighted by Crippen LogP contribution is 2.46. The lowest BCUT2D eigenvalue weighted by Gasteiger charge is -2.41. The van der Waals surface area contributed by atoms with Crippen LogP contribution in [-0.2, 0) is 21.8 Å². The van der Waals surface area contributed by atoms with Crippen LogP contribution >= 0.6 is 0 Å². The first-order valence-electron chi connectivity index (χ1n) is 12.8. The van der Waals surface area contributed by atoms with E-state index in [1.54, 1.807) is 11.0 Å². The van der Waals surface area contributed by atoms with Gasteiger partial charge in [0.15, 0.2) is 6.29 Å². The standard InChI is InChI=1S/C29H27F6NO4/c1-16-5-3-4-6-23(16)25-24-13-36(26(37)18-7-8-38-14-18)12-20(24)15-39-27(25)40-17(2)19-9-21(28(30,31)32)11-22(10-19)29(33,34)35/h3-11,14,17,20,24-25,27H,12-13,15H2,1-2H3/t17-,20+,24-,25+,27-/m1/s1. The number of hydrogen-bond donors (Lipinski definition) is 0. The molecule has 40 heavy (non-hydrogen) atoms. The van der Waals surface area contributed by atoms with Crippen LogP contribution in [0.4, 0.5) is 26.3 Å². The Kier molecular flexibility index (Phi) is 7.47. The third kappa shape index (κ3) is 5.62. The van der Waals surface area contributed by atoms with Gasteiger partial charge >= 0.3 is 12.4 Å². The number of rotatable bonds is 5. The van der Waals surface area contributed by atoms with Crippen LogP contribution in [0.25, 0.3) is 0 Å². The summed E-state index contributed by atoms with van der Waals surface area (Å²) in [6, 6.07) is 10.5. The Hall–Kier alpha value is -3.31. The van der Waals surface area contributed by atoms with Crippen molar-refractivity contribution in [3.63, 3.8) is 0 Å². The zero-order valence-electron chi connectivity index (χ0n) is 21.6. The van der Waals surface area contributed by atoms with E-state index in [9.17, 15) is 31.1 Å². The molecule has 2 fully saturated rings. The van der Waals surface area contributed by atoms with Crippen LogP contribution in [0.2, 0.25) is 0 Å². The fourth-order valence-electron chi connectivity index (χ4n) is 5.69. The maximum atomic E-state index is 13.5. The van der Waals surface area contributed by atoms with Crippen molar-refractivity contribution in [2.75, 3.05) is 19.7 Å². The summed E-state index contributed by atoms with van der Waals surface area (Å²) in [4.78, 5) is 14.8. The molecular weight excluding hydrogens is 540 g/mol. The molecule has 11 heteroatoms. The number of halogens is 6. The summed E-state index contributed by atoms with van der Waals surface area (Å²) in [6.07, 6.45) is -9.27. The van der Waals surface area contributed by atoms with Gasteiger partial charge in [-0.3, -0.25) is 4.79 Å². The highest BCUT2D eigenvalue weighted by atomic mass is 19.4. The number of hydrogen-bond acceptors (Lipinski definition) is 4. The topological polar surface area (TPSA) is 51.9 Å². The van der Waals surface area contributed by atoms with Crippen LogP contribution < -0.4 is 0 Å². The second kappa shape index (κ2) is 10.6. The number of likely N-dealkylation sites (tertiary alicyclic amines) is 1. The van der Waals surface area contributed by atoms with Crippen LogP contribution in [0.3, 0.4) is 0 Å². The lowest BCUT2D eigenvalue weighted by Crippen LogP contribution is -2.42. The second-order valence-corrected chi connectivity index (χ2v) is 10.3. The first kappa shape index (κ1) is 28.2. The molecule has 0 bridgehead atoms. The van der Waals surface area contributed by atoms with Crippen LogP contribution in [0.5, 0.6) is 0 Å². The molecule has 0 radical (unpaired) electrons. The van der Waals surface area contributed by atoms with E-state index in [0.717, 1.165) is 11.1 Å². The predicted octanol–water partition coefficient (Wildman–Crippen LogP) is 7.23. The Morgan fingerprint density at radius 2 is 1.68 bits per heavy atom. The summed E-state index contributed by atoms with van der Waals surface area (Å²) in [5, 5.41) is 0. The molecule has 5 atom stereocenters. The molecule has 1 amide bonds. The van der Waals surface area contributed by atoms with Gasteiger partial charge in [0.25, 0.3) is 5.91 Å². The van der Waals surface area contributed by atoms with E-state index in [2.05, 4.69) is 0 Å². The molecule has 0 aliphatic carbocycles. The number of nitrogens with zero attached hydrogens (tertiary/aromatic N) is 1. The molecule has 3 heterocycles. The molecule has 214 valence electrons. The molecule has 5 nitrogen and oxygen atoms in total. The van der Waals surface area contributed by atoms with Crippen molar-refractivity contribution in [1.29, 1.82) is 0 Å². The van der Waals surface area contributed by atoms with Crippen molar-refractivity contribution < 1.29 is 45.0 Å². The minimum atomic E-state index is -4.97. The van der Waals surface area contributed by atoms with E-state index in [4.69, 9.17) is 13.9 Å². The largest absolute Gasteiger partial charge is 0.472 e. The molecule has 2 aliphatic heterocycles. The van der Waals surface area contributed by atoms with Crippen molar-refractivity contribution in [2.45, 2.75) is 44.5 Å². The van der Waals surface area contributed by atoms with Gasteiger partial charge in [0.1, 0.15) is 6.26 Å². The van der Waals surface area contributed by atoms with Gasteiger partial charge in [-0.1, -0.05) is 24.3 Å². The lowest BCUT2D eigenvalue weighted by atomic mass is 9.76. The van der Waals surface area contributed by atoms with E-state index >= 15 is 0 Å². The summed E-state index contributed by atoms with van der Waals surface area (Å²) < 4.78 is 98.1. The van der Waals surface area contributed by atoms with Crippen LogP contribution in [-0.4, -0.2) is 36.8 Å². The highest BCUT2D eigenvalue weighted by Gasteiger charge is 2.49. The van der Waals surface area contributed by atoms with Gasteiger partial charge in [-0.2, -0.15) is 26.3 Å². The number of carbonyl (C=O) groups excluding carboxylic acids is 1. The zero-order chi connectivity index (χ0) is 28.8. The molecule has 0 unspecified atom stereocenters. The van der Waals surface area contributed by atoms with Gasteiger partial charge in [0.2, 0.25) is 0 Å². The first-order chi connectivity index (χ1) is 18.8. The van der Waals surface area contributed by atoms with Gasteiger partial charge in [-0.15, -0.1) is 0 Å². The van der Waals surface area contributed by atoms with Crippen molar-refractivity contribution in [1.82, 2.24) is 4.90 Å². The number of alkyl halides is 6. The molecule has 3 aromatic rings. The summed E-state index contributed by atoms with van der Waals surface area (Å²) in [5.41, 5.74) is -0.852. The SMILES string of the molecule is Cc1ccccc1[C@@H]1[C@@H](O[C@H](C)c2cc(C(F)(F)F)cc(C(F)(F)F)c2)OC[C@@H]2CN(C(=O)c3ccoc3)C[C@H]21. The van der Waals surface area contributed by atoms with Crippen molar-refractivity contribution in [3.05, 3.63) is 94.4 Å². The normalized spacial score (nSPS) is 24.1. The molecular formula is C29H27F6NO4. The second-order valence-electron chi connectivity index (χ2n) is 10.3. The minimum Gasteiger partial charge on any atom is -0.472 e. The van der Waals surface area contributed by atoms with Gasteiger partial charge < -0.3 is 18.8 Å². The fraction of sp³-hybridized carbons (Fsp3) is 0.414. The van der Waals surface area contributed by atoms with E-state index in [1.165, 1.54) is 19.5 Å². The number of aryl methyl sites for hydroxylation is 1. The highest BCUT2D eigenvalue weighted by molar-refractivity contribution is 5.94. The number of benzene rings is 2. The van der Waals surface area contributed by atoms with E-state index in [1.807, 2.05) is 31.2 Å². The van der Waals surface area contributed by atoms with Crippen LogP contribution in [0.15, 0.2) is 65.5 Å². The van der Waals surface area contributed by atoms with Gasteiger partial charge in [0, 0.05) is 24.9 Å². The monoisotopic (exact) mass is 567 g/mol. The molecule has 2 saturated heterocycles. The Labute approximate surface area is 226 Å².